The first-order valence-corrected chi connectivity index (χ1v) is 9.52. The topological polar surface area (TPSA) is 72.8 Å². The third kappa shape index (κ3) is 4.76. The molecule has 3 N–H and O–H groups in total. The summed E-state index contributed by atoms with van der Waals surface area (Å²) in [5.74, 6) is 1.59. The SMILES string of the molecule is CN=C(NCC1(O)CCCCC1)NC1CCN(c2ncccc2Cl)C1. The summed E-state index contributed by atoms with van der Waals surface area (Å²) in [6, 6.07) is 4.00. The number of nitrogens with zero attached hydrogens (tertiary/aromatic N) is 3. The minimum Gasteiger partial charge on any atom is -0.388 e. The second-order valence-electron chi connectivity index (χ2n) is 7.10. The van der Waals surface area contributed by atoms with E-state index >= 15 is 0 Å². The van der Waals surface area contributed by atoms with Gasteiger partial charge in [-0.15, -0.1) is 0 Å². The third-order valence-electron chi connectivity index (χ3n) is 5.16. The molecule has 1 atom stereocenters. The number of aromatic nitrogens is 1. The zero-order valence-corrected chi connectivity index (χ0v) is 15.6. The van der Waals surface area contributed by atoms with Crippen molar-refractivity contribution >= 4 is 23.4 Å². The molecule has 1 aromatic heterocycles. The van der Waals surface area contributed by atoms with E-state index in [0.717, 1.165) is 57.0 Å². The predicted octanol–water partition coefficient (Wildman–Crippen LogP) is 2.17. The van der Waals surface area contributed by atoms with E-state index < -0.39 is 5.60 Å². The van der Waals surface area contributed by atoms with Crippen LogP contribution in [0.25, 0.3) is 0 Å². The molecule has 25 heavy (non-hydrogen) atoms. The number of nitrogens with one attached hydrogen (secondary N) is 2. The molecule has 1 aromatic rings. The van der Waals surface area contributed by atoms with E-state index in [1.165, 1.54) is 6.42 Å². The van der Waals surface area contributed by atoms with E-state index in [4.69, 9.17) is 11.6 Å². The minimum atomic E-state index is -0.598. The van der Waals surface area contributed by atoms with Gasteiger partial charge in [-0.05, 0) is 31.4 Å². The van der Waals surface area contributed by atoms with E-state index in [9.17, 15) is 5.11 Å². The van der Waals surface area contributed by atoms with Crippen LogP contribution < -0.4 is 15.5 Å². The Kier molecular flexibility index (Phi) is 6.02. The van der Waals surface area contributed by atoms with Crippen LogP contribution in [0.4, 0.5) is 5.82 Å². The lowest BCUT2D eigenvalue weighted by molar-refractivity contribution is 0.00856. The monoisotopic (exact) mass is 365 g/mol. The second kappa shape index (κ2) is 8.23. The molecule has 0 amide bonds. The van der Waals surface area contributed by atoms with Crippen molar-refractivity contribution in [3.05, 3.63) is 23.4 Å². The number of anilines is 1. The highest BCUT2D eigenvalue weighted by Crippen LogP contribution is 2.27. The molecule has 3 rings (SSSR count). The lowest BCUT2D eigenvalue weighted by Gasteiger charge is -2.33. The number of hydrogen-bond donors (Lipinski definition) is 3. The maximum Gasteiger partial charge on any atom is 0.191 e. The van der Waals surface area contributed by atoms with Crippen LogP contribution in [0, 0.1) is 0 Å². The van der Waals surface area contributed by atoms with E-state index in [0.29, 0.717) is 11.6 Å². The normalized spacial score (nSPS) is 23.6. The number of rotatable bonds is 4. The molecule has 1 saturated carbocycles. The first-order chi connectivity index (χ1) is 12.1. The van der Waals surface area contributed by atoms with Gasteiger partial charge in [0.1, 0.15) is 5.82 Å². The van der Waals surface area contributed by atoms with Crippen LogP contribution in [-0.2, 0) is 0 Å². The molecule has 1 saturated heterocycles. The number of aliphatic hydroxyl groups is 1. The van der Waals surface area contributed by atoms with Crippen molar-refractivity contribution in [3.63, 3.8) is 0 Å². The smallest absolute Gasteiger partial charge is 0.191 e. The minimum absolute atomic E-state index is 0.283. The molecule has 0 aromatic carbocycles. The standard InChI is InChI=1S/C18H28ClN5O/c1-20-17(22-13-18(25)8-3-2-4-9-18)23-14-7-11-24(12-14)16-15(19)6-5-10-21-16/h5-6,10,14,25H,2-4,7-9,11-13H2,1H3,(H2,20,22,23). The fraction of sp³-hybridized carbons (Fsp3) is 0.667. The molecule has 2 aliphatic rings. The van der Waals surface area contributed by atoms with Crippen molar-refractivity contribution in [1.29, 1.82) is 0 Å². The van der Waals surface area contributed by atoms with Gasteiger partial charge in [0.05, 0.1) is 10.6 Å². The Bertz CT molecular complexity index is 603. The molecule has 7 heteroatoms. The van der Waals surface area contributed by atoms with Crippen molar-refractivity contribution in [1.82, 2.24) is 15.6 Å². The van der Waals surface area contributed by atoms with Crippen molar-refractivity contribution in [2.75, 3.05) is 31.6 Å². The van der Waals surface area contributed by atoms with Gasteiger partial charge in [-0.1, -0.05) is 30.9 Å². The highest BCUT2D eigenvalue weighted by Gasteiger charge is 2.30. The van der Waals surface area contributed by atoms with Crippen molar-refractivity contribution in [2.24, 2.45) is 4.99 Å². The zero-order chi connectivity index (χ0) is 17.7. The van der Waals surface area contributed by atoms with Crippen LogP contribution in [0.15, 0.2) is 23.3 Å². The molecule has 0 spiro atoms. The van der Waals surface area contributed by atoms with Gasteiger partial charge in [0.25, 0.3) is 0 Å². The van der Waals surface area contributed by atoms with Crippen LogP contribution in [-0.4, -0.2) is 54.4 Å². The Morgan fingerprint density at radius 3 is 2.96 bits per heavy atom. The quantitative estimate of drug-likeness (QED) is 0.563. The first kappa shape index (κ1) is 18.3. The van der Waals surface area contributed by atoms with E-state index in [2.05, 4.69) is 25.5 Å². The second-order valence-corrected chi connectivity index (χ2v) is 7.50. The molecule has 0 bridgehead atoms. The van der Waals surface area contributed by atoms with Gasteiger partial charge in [0.15, 0.2) is 5.96 Å². The highest BCUT2D eigenvalue weighted by atomic mass is 35.5. The maximum absolute atomic E-state index is 10.6. The van der Waals surface area contributed by atoms with E-state index in [1.807, 2.05) is 12.1 Å². The van der Waals surface area contributed by atoms with Gasteiger partial charge >= 0.3 is 0 Å². The van der Waals surface area contributed by atoms with E-state index in [-0.39, 0.29) is 6.04 Å². The van der Waals surface area contributed by atoms with Crippen LogP contribution in [0.1, 0.15) is 38.5 Å². The Morgan fingerprint density at radius 2 is 2.24 bits per heavy atom. The Morgan fingerprint density at radius 1 is 1.44 bits per heavy atom. The summed E-state index contributed by atoms with van der Waals surface area (Å²) in [6.07, 6.45) is 7.94. The summed E-state index contributed by atoms with van der Waals surface area (Å²) in [5, 5.41) is 18.1. The molecule has 138 valence electrons. The largest absolute Gasteiger partial charge is 0.388 e. The molecule has 2 heterocycles. The molecule has 0 radical (unpaired) electrons. The third-order valence-corrected chi connectivity index (χ3v) is 5.46. The molecule has 1 aliphatic carbocycles. The van der Waals surface area contributed by atoms with Crippen LogP contribution in [0.2, 0.25) is 5.02 Å². The summed E-state index contributed by atoms with van der Waals surface area (Å²) in [5.41, 5.74) is -0.598. The molecule has 2 fully saturated rings. The van der Waals surface area contributed by atoms with Gasteiger partial charge in [-0.2, -0.15) is 0 Å². The Balaban J connectivity index is 1.50. The number of guanidine groups is 1. The fourth-order valence-corrected chi connectivity index (χ4v) is 3.94. The molecular formula is C18H28ClN5O. The van der Waals surface area contributed by atoms with Crippen molar-refractivity contribution in [3.8, 4) is 0 Å². The lowest BCUT2D eigenvalue weighted by atomic mass is 9.85. The van der Waals surface area contributed by atoms with Gasteiger partial charge in [-0.3, -0.25) is 4.99 Å². The highest BCUT2D eigenvalue weighted by molar-refractivity contribution is 6.32. The fourth-order valence-electron chi connectivity index (χ4n) is 3.70. The molecule has 1 aliphatic heterocycles. The van der Waals surface area contributed by atoms with Gasteiger partial charge in [-0.25, -0.2) is 4.98 Å². The van der Waals surface area contributed by atoms with Crippen molar-refractivity contribution in [2.45, 2.75) is 50.2 Å². The average molecular weight is 366 g/mol. The summed E-state index contributed by atoms with van der Waals surface area (Å²) in [6.45, 7) is 2.30. The summed E-state index contributed by atoms with van der Waals surface area (Å²) >= 11 is 6.25. The molecule has 6 nitrogen and oxygen atoms in total. The number of hydrogen-bond acceptors (Lipinski definition) is 4. The van der Waals surface area contributed by atoms with Gasteiger partial charge in [0.2, 0.25) is 0 Å². The summed E-state index contributed by atoms with van der Waals surface area (Å²) in [4.78, 5) is 10.9. The average Bonchev–Trinajstić information content (AvgIpc) is 3.08. The van der Waals surface area contributed by atoms with Gasteiger partial charge < -0.3 is 20.6 Å². The number of aliphatic imine (C=N–C) groups is 1. The Labute approximate surface area is 154 Å². The number of pyridine rings is 1. The lowest BCUT2D eigenvalue weighted by Crippen LogP contribution is -2.50. The zero-order valence-electron chi connectivity index (χ0n) is 14.8. The van der Waals surface area contributed by atoms with E-state index in [1.54, 1.807) is 13.2 Å². The predicted molar refractivity (Wildman–Crippen MR) is 102 cm³/mol. The van der Waals surface area contributed by atoms with Crippen LogP contribution in [0.3, 0.4) is 0 Å². The summed E-state index contributed by atoms with van der Waals surface area (Å²) in [7, 11) is 1.77. The Hall–Kier alpha value is -1.53. The maximum atomic E-state index is 10.6. The van der Waals surface area contributed by atoms with Crippen LogP contribution in [0.5, 0.6) is 0 Å². The molecule has 1 unspecified atom stereocenters. The molecular weight excluding hydrogens is 338 g/mol. The first-order valence-electron chi connectivity index (χ1n) is 9.15. The summed E-state index contributed by atoms with van der Waals surface area (Å²) < 4.78 is 0. The number of halogens is 1. The van der Waals surface area contributed by atoms with Gasteiger partial charge in [0, 0.05) is 38.9 Å². The van der Waals surface area contributed by atoms with Crippen molar-refractivity contribution < 1.29 is 5.11 Å². The van der Waals surface area contributed by atoms with Crippen LogP contribution >= 0.6 is 11.6 Å².